The summed E-state index contributed by atoms with van der Waals surface area (Å²) < 4.78 is 15.0. The third kappa shape index (κ3) is 2.80. The van der Waals surface area contributed by atoms with Gasteiger partial charge in [-0.15, -0.1) is 21.5 Å². The summed E-state index contributed by atoms with van der Waals surface area (Å²) in [6.07, 6.45) is 0.762. The van der Waals surface area contributed by atoms with Gasteiger partial charge in [-0.1, -0.05) is 6.07 Å². The van der Waals surface area contributed by atoms with Crippen LogP contribution < -0.4 is 4.90 Å². The van der Waals surface area contributed by atoms with E-state index in [0.717, 1.165) is 23.9 Å². The molecule has 0 fully saturated rings. The molecule has 0 atom stereocenters. The number of benzene rings is 1. The minimum atomic E-state index is -0.247. The monoisotopic (exact) mass is 302 g/mol. The van der Waals surface area contributed by atoms with Crippen molar-refractivity contribution in [2.45, 2.75) is 6.42 Å². The topological polar surface area (TPSA) is 34.0 Å². The van der Waals surface area contributed by atoms with Crippen LogP contribution in [-0.4, -0.2) is 21.8 Å². The number of anilines is 2. The highest BCUT2D eigenvalue weighted by Gasteiger charge is 2.14. The summed E-state index contributed by atoms with van der Waals surface area (Å²) in [5.74, 6) is 1.39. The zero-order valence-electron chi connectivity index (χ0n) is 11.8. The predicted molar refractivity (Wildman–Crippen MR) is 82.6 cm³/mol. The average Bonchev–Trinajstić information content (AvgIpc) is 3.11. The Labute approximate surface area is 126 Å². The van der Waals surface area contributed by atoms with E-state index < -0.39 is 0 Å². The molecule has 0 aliphatic carbocycles. The van der Waals surface area contributed by atoms with Gasteiger partial charge in [0.2, 0.25) is 5.95 Å². The quantitative estimate of drug-likeness (QED) is 0.741. The second-order valence-corrected chi connectivity index (χ2v) is 5.80. The summed E-state index contributed by atoms with van der Waals surface area (Å²) in [4.78, 5) is 3.14. The van der Waals surface area contributed by atoms with Crippen LogP contribution in [0, 0.1) is 5.82 Å². The molecule has 2 heterocycles. The van der Waals surface area contributed by atoms with Gasteiger partial charge in [0.15, 0.2) is 0 Å². The van der Waals surface area contributed by atoms with Gasteiger partial charge >= 0.3 is 0 Å². The smallest absolute Gasteiger partial charge is 0.231 e. The summed E-state index contributed by atoms with van der Waals surface area (Å²) >= 11 is 1.71. The van der Waals surface area contributed by atoms with E-state index in [-0.39, 0.29) is 5.82 Å². The molecule has 0 N–H and O–H groups in total. The molecule has 108 valence electrons. The number of thiophene rings is 1. The van der Waals surface area contributed by atoms with Crippen LogP contribution in [0.4, 0.5) is 16.0 Å². The molecule has 3 aromatic rings. The van der Waals surface area contributed by atoms with E-state index >= 15 is 0 Å². The summed E-state index contributed by atoms with van der Waals surface area (Å²) in [6.45, 7) is 0. The Hall–Kier alpha value is -2.21. The van der Waals surface area contributed by atoms with Crippen LogP contribution in [-0.2, 0) is 13.5 Å². The zero-order chi connectivity index (χ0) is 14.8. The molecule has 2 aromatic heterocycles. The van der Waals surface area contributed by atoms with Crippen molar-refractivity contribution in [1.82, 2.24) is 14.8 Å². The van der Waals surface area contributed by atoms with E-state index in [1.54, 1.807) is 23.5 Å². The molecular formula is C15H15FN4S. The number of halogens is 1. The summed E-state index contributed by atoms with van der Waals surface area (Å²) in [6, 6.07) is 10.4. The highest BCUT2D eigenvalue weighted by molar-refractivity contribution is 7.09. The fourth-order valence-electron chi connectivity index (χ4n) is 2.15. The largest absolute Gasteiger partial charge is 0.314 e. The minimum Gasteiger partial charge on any atom is -0.314 e. The molecule has 4 nitrogen and oxygen atoms in total. The molecule has 0 spiro atoms. The van der Waals surface area contributed by atoms with E-state index in [4.69, 9.17) is 0 Å². The van der Waals surface area contributed by atoms with Crippen molar-refractivity contribution in [3.63, 3.8) is 0 Å². The lowest BCUT2D eigenvalue weighted by Crippen LogP contribution is -2.15. The van der Waals surface area contributed by atoms with Gasteiger partial charge in [0.1, 0.15) is 11.6 Å². The molecule has 6 heteroatoms. The summed E-state index contributed by atoms with van der Waals surface area (Å²) in [5.41, 5.74) is 0.870. The Morgan fingerprint density at radius 2 is 1.95 bits per heavy atom. The molecule has 0 bridgehead atoms. The van der Waals surface area contributed by atoms with Crippen molar-refractivity contribution in [3.8, 4) is 0 Å². The maximum Gasteiger partial charge on any atom is 0.231 e. The van der Waals surface area contributed by atoms with Crippen molar-refractivity contribution in [2.24, 2.45) is 7.05 Å². The highest BCUT2D eigenvalue weighted by Crippen LogP contribution is 2.23. The van der Waals surface area contributed by atoms with Crippen LogP contribution in [0.25, 0.3) is 0 Å². The van der Waals surface area contributed by atoms with Crippen LogP contribution in [0.15, 0.2) is 41.8 Å². The first-order valence-electron chi connectivity index (χ1n) is 6.55. The van der Waals surface area contributed by atoms with E-state index in [1.807, 2.05) is 29.6 Å². The second-order valence-electron chi connectivity index (χ2n) is 4.77. The van der Waals surface area contributed by atoms with E-state index in [9.17, 15) is 4.39 Å². The molecular weight excluding hydrogens is 287 g/mol. The number of aromatic nitrogens is 3. The lowest BCUT2D eigenvalue weighted by molar-refractivity contribution is 0.628. The number of hydrogen-bond donors (Lipinski definition) is 0. The van der Waals surface area contributed by atoms with Crippen LogP contribution in [0.3, 0.4) is 0 Å². The molecule has 0 radical (unpaired) electrons. The Balaban J connectivity index is 1.85. The van der Waals surface area contributed by atoms with Crippen LogP contribution in [0.2, 0.25) is 0 Å². The molecule has 0 saturated heterocycles. The highest BCUT2D eigenvalue weighted by atomic mass is 32.1. The van der Waals surface area contributed by atoms with Crippen molar-refractivity contribution >= 4 is 23.0 Å². The third-order valence-corrected chi connectivity index (χ3v) is 4.24. The summed E-state index contributed by atoms with van der Waals surface area (Å²) in [7, 11) is 3.84. The van der Waals surface area contributed by atoms with Crippen molar-refractivity contribution < 1.29 is 4.39 Å². The Bertz CT molecular complexity index is 719. The van der Waals surface area contributed by atoms with Gasteiger partial charge in [-0.2, -0.15) is 0 Å². The van der Waals surface area contributed by atoms with Gasteiger partial charge in [0, 0.05) is 31.1 Å². The van der Waals surface area contributed by atoms with Gasteiger partial charge in [-0.05, 0) is 35.7 Å². The Morgan fingerprint density at radius 3 is 2.62 bits per heavy atom. The number of nitrogens with zero attached hydrogens (tertiary/aromatic N) is 4. The van der Waals surface area contributed by atoms with E-state index in [0.29, 0.717) is 0 Å². The van der Waals surface area contributed by atoms with Crippen LogP contribution in [0.5, 0.6) is 0 Å². The van der Waals surface area contributed by atoms with Gasteiger partial charge in [-0.25, -0.2) is 4.39 Å². The molecule has 0 unspecified atom stereocenters. The maximum absolute atomic E-state index is 13.0. The molecule has 3 rings (SSSR count). The van der Waals surface area contributed by atoms with E-state index in [1.165, 1.54) is 17.0 Å². The Morgan fingerprint density at radius 1 is 1.19 bits per heavy atom. The lowest BCUT2D eigenvalue weighted by atomic mass is 10.3. The predicted octanol–water partition coefficient (Wildman–Crippen LogP) is 3.37. The zero-order valence-corrected chi connectivity index (χ0v) is 12.6. The van der Waals surface area contributed by atoms with Gasteiger partial charge in [-0.3, -0.25) is 4.57 Å². The first-order chi connectivity index (χ1) is 10.1. The van der Waals surface area contributed by atoms with Crippen LogP contribution >= 0.6 is 11.3 Å². The van der Waals surface area contributed by atoms with Crippen molar-refractivity contribution in [3.05, 3.63) is 58.3 Å². The first kappa shape index (κ1) is 13.8. The molecule has 1 aromatic carbocycles. The Kier molecular flexibility index (Phi) is 3.70. The number of rotatable bonds is 4. The molecule has 0 amide bonds. The first-order valence-corrected chi connectivity index (χ1v) is 7.43. The number of hydrogen-bond acceptors (Lipinski definition) is 4. The third-order valence-electron chi connectivity index (χ3n) is 3.37. The average molecular weight is 302 g/mol. The standard InChI is InChI=1S/C15H15FN4S/c1-19(12-7-5-11(16)6-8-12)15-18-17-14(20(15)2)10-13-4-3-9-21-13/h3-9H,10H2,1-2H3. The SMILES string of the molecule is CN(c1ccc(F)cc1)c1nnc(Cc2cccs2)n1C. The maximum atomic E-state index is 13.0. The minimum absolute atomic E-state index is 0.247. The molecule has 0 saturated carbocycles. The fourth-order valence-corrected chi connectivity index (χ4v) is 2.85. The van der Waals surface area contributed by atoms with Crippen molar-refractivity contribution in [1.29, 1.82) is 0 Å². The molecule has 0 aliphatic rings. The van der Waals surface area contributed by atoms with Gasteiger partial charge < -0.3 is 4.90 Å². The summed E-state index contributed by atoms with van der Waals surface area (Å²) in [5, 5.41) is 10.6. The molecule has 21 heavy (non-hydrogen) atoms. The van der Waals surface area contributed by atoms with Gasteiger partial charge in [0.25, 0.3) is 0 Å². The second kappa shape index (κ2) is 5.65. The van der Waals surface area contributed by atoms with Gasteiger partial charge in [0.05, 0.1) is 0 Å². The van der Waals surface area contributed by atoms with E-state index in [2.05, 4.69) is 21.6 Å². The lowest BCUT2D eigenvalue weighted by Gasteiger charge is -2.17. The van der Waals surface area contributed by atoms with Crippen molar-refractivity contribution in [2.75, 3.05) is 11.9 Å². The fraction of sp³-hybridized carbons (Fsp3) is 0.200. The normalized spacial score (nSPS) is 10.8. The van der Waals surface area contributed by atoms with Crippen LogP contribution in [0.1, 0.15) is 10.7 Å². The molecule has 0 aliphatic heterocycles.